The molecule has 152 valence electrons. The Kier molecular flexibility index (Phi) is 7.57. The van der Waals surface area contributed by atoms with Crippen LogP contribution in [0.4, 0.5) is 4.79 Å². The molecule has 0 unspecified atom stereocenters. The van der Waals surface area contributed by atoms with E-state index < -0.39 is 43.1 Å². The topological polar surface area (TPSA) is 97.3 Å². The number of rotatable bonds is 0. The zero-order valence-corrected chi connectivity index (χ0v) is 16.2. The lowest BCUT2D eigenvalue weighted by molar-refractivity contribution is -0.144. The molecule has 0 aromatic rings. The van der Waals surface area contributed by atoms with Crippen LogP contribution < -0.4 is 5.32 Å². The van der Waals surface area contributed by atoms with E-state index in [0.717, 1.165) is 19.3 Å². The number of amides is 2. The minimum Gasteiger partial charge on any atom is -0.464 e. The Balaban J connectivity index is 3.17. The highest BCUT2D eigenvalue weighted by Gasteiger charge is 2.20. The molecule has 1 aliphatic heterocycles. The molecule has 1 heterocycles. The number of hydrogen-bond donors (Lipinski definition) is 1. The summed E-state index contributed by atoms with van der Waals surface area (Å²) < 4.78 is 33.4. The van der Waals surface area contributed by atoms with Gasteiger partial charge in [0, 0.05) is 17.5 Å². The van der Waals surface area contributed by atoms with Crippen molar-refractivity contribution in [3.05, 3.63) is 12.2 Å². The maximum absolute atomic E-state index is 12.3. The van der Waals surface area contributed by atoms with Gasteiger partial charge in [-0.2, -0.15) is 0 Å². The number of likely N-dealkylation sites (N-methyl/N-ethyl adjacent to an activating group) is 1. The van der Waals surface area contributed by atoms with E-state index in [-0.39, 0.29) is 13.0 Å². The van der Waals surface area contributed by atoms with Crippen LogP contribution in [-0.4, -0.2) is 54.6 Å². The summed E-state index contributed by atoms with van der Waals surface area (Å²) in [5.41, 5.74) is -0.874. The first-order chi connectivity index (χ1) is 13.9. The number of allylic oxidation sites excluding steroid dienone is 2. The van der Waals surface area contributed by atoms with E-state index in [1.807, 2.05) is 12.2 Å². The average Bonchev–Trinajstić information content (AvgIpc) is 2.57. The predicted molar refractivity (Wildman–Crippen MR) is 102 cm³/mol. The molecule has 0 atom stereocenters. The van der Waals surface area contributed by atoms with Gasteiger partial charge in [-0.1, -0.05) is 12.2 Å². The number of carbonyl (C=O) groups excluding carboxylic acids is 3. The molecule has 0 aliphatic carbocycles. The van der Waals surface area contributed by atoms with E-state index in [1.54, 1.807) is 20.8 Å². The van der Waals surface area contributed by atoms with E-state index in [1.165, 1.54) is 0 Å². The van der Waals surface area contributed by atoms with Gasteiger partial charge in [-0.25, -0.2) is 4.79 Å². The maximum Gasteiger partial charge on any atom is 0.437 e. The molecule has 1 aliphatic rings. The van der Waals surface area contributed by atoms with E-state index in [4.69, 9.17) is 13.6 Å². The van der Waals surface area contributed by atoms with Gasteiger partial charge in [0.1, 0.15) is 12.1 Å². The monoisotopic (exact) mass is 384 g/mol. The number of carbonyl (C=O) groups is 3. The number of aliphatic imine (C=N–C) groups is 1. The third-order valence-electron chi connectivity index (χ3n) is 3.35. The highest BCUT2D eigenvalue weighted by Crippen LogP contribution is 2.09. The van der Waals surface area contributed by atoms with E-state index >= 15 is 0 Å². The fourth-order valence-corrected chi connectivity index (χ4v) is 2.13. The van der Waals surface area contributed by atoms with E-state index in [0.29, 0.717) is 17.7 Å². The average molecular weight is 384 g/mol. The second kappa shape index (κ2) is 11.4. The lowest BCUT2D eigenvalue weighted by atomic mass is 10.1. The summed E-state index contributed by atoms with van der Waals surface area (Å²) in [6, 6.07) is 0. The molecule has 0 saturated carbocycles. The molecule has 1 N–H and O–H groups in total. The number of nitrogens with zero attached hydrogens (tertiary/aromatic N) is 2. The van der Waals surface area contributed by atoms with Gasteiger partial charge in [-0.3, -0.25) is 14.9 Å². The Hall–Kier alpha value is -2.38. The molecule has 0 aromatic heterocycles. The van der Waals surface area contributed by atoms with Crippen LogP contribution in [0.1, 0.15) is 63.4 Å². The Labute approximate surface area is 165 Å². The predicted octanol–water partition coefficient (Wildman–Crippen LogP) is 2.78. The number of hydrogen-bond acceptors (Lipinski definition) is 5. The van der Waals surface area contributed by atoms with Gasteiger partial charge >= 0.3 is 12.1 Å². The van der Waals surface area contributed by atoms with Crippen molar-refractivity contribution in [2.45, 2.75) is 64.9 Å². The third kappa shape index (κ3) is 11.0. The molecular weight excluding hydrogens is 350 g/mol. The lowest BCUT2D eigenvalue weighted by Crippen LogP contribution is -2.45. The van der Waals surface area contributed by atoms with Gasteiger partial charge < -0.3 is 14.4 Å². The SMILES string of the molecule is [2H]C([2H])([2H])N1CC(=O)OCCC/C=C\CCCCC(=O)N/C1=N/C(=O)OC(C)(C)C. The standard InChI is InChI=1S/C19H31N3O5/c1-19(2,3)27-18(25)21-17-20-15(23)12-10-8-6-5-7-9-11-13-26-16(24)14-22(17)4/h5,7H,6,8-14H2,1-4H3,(H,20,21,23,25)/b7-5-/i4D3. The van der Waals surface area contributed by atoms with Crippen molar-refractivity contribution in [1.82, 2.24) is 10.2 Å². The van der Waals surface area contributed by atoms with Crippen molar-refractivity contribution in [3.8, 4) is 0 Å². The second-order valence-electron chi connectivity index (χ2n) is 7.13. The normalized spacial score (nSPS) is 23.4. The number of guanidine groups is 1. The second-order valence-corrected chi connectivity index (χ2v) is 7.13. The van der Waals surface area contributed by atoms with Gasteiger partial charge in [0.2, 0.25) is 11.9 Å². The van der Waals surface area contributed by atoms with Crippen LogP contribution in [0.25, 0.3) is 0 Å². The lowest BCUT2D eigenvalue weighted by Gasteiger charge is -2.22. The Morgan fingerprint density at radius 3 is 2.63 bits per heavy atom. The highest BCUT2D eigenvalue weighted by molar-refractivity contribution is 6.01. The first-order valence-electron chi connectivity index (χ1n) is 10.6. The molecule has 8 nitrogen and oxygen atoms in total. The van der Waals surface area contributed by atoms with Crippen LogP contribution >= 0.6 is 0 Å². The van der Waals surface area contributed by atoms with Crippen LogP contribution in [0.15, 0.2) is 17.1 Å². The van der Waals surface area contributed by atoms with Crippen LogP contribution in [-0.2, 0) is 19.1 Å². The largest absolute Gasteiger partial charge is 0.464 e. The molecule has 27 heavy (non-hydrogen) atoms. The minimum absolute atomic E-state index is 0.112. The first kappa shape index (κ1) is 18.0. The third-order valence-corrected chi connectivity index (χ3v) is 3.35. The smallest absolute Gasteiger partial charge is 0.437 e. The summed E-state index contributed by atoms with van der Waals surface area (Å²) in [6.07, 6.45) is 6.50. The van der Waals surface area contributed by atoms with Crippen molar-refractivity contribution in [3.63, 3.8) is 0 Å². The molecule has 0 fully saturated rings. The zero-order chi connectivity index (χ0) is 22.8. The molecule has 0 aromatic carbocycles. The van der Waals surface area contributed by atoms with Gasteiger partial charge in [0.15, 0.2) is 0 Å². The molecule has 0 saturated heterocycles. The summed E-state index contributed by atoms with van der Waals surface area (Å²) in [5, 5.41) is 2.34. The summed E-state index contributed by atoms with van der Waals surface area (Å²) in [5.74, 6) is -1.90. The first-order valence-corrected chi connectivity index (χ1v) is 9.08. The number of esters is 1. The summed E-state index contributed by atoms with van der Waals surface area (Å²) in [4.78, 5) is 40.8. The van der Waals surface area contributed by atoms with Gasteiger partial charge in [-0.15, -0.1) is 4.99 Å². The van der Waals surface area contributed by atoms with Crippen LogP contribution in [0.5, 0.6) is 0 Å². The number of nitrogens with one attached hydrogen (secondary N) is 1. The van der Waals surface area contributed by atoms with Crippen molar-refractivity contribution in [2.75, 3.05) is 20.1 Å². The summed E-state index contributed by atoms with van der Waals surface area (Å²) in [6.45, 7) is 1.42. The van der Waals surface area contributed by atoms with Crippen molar-refractivity contribution in [2.24, 2.45) is 4.99 Å². The van der Waals surface area contributed by atoms with E-state index in [9.17, 15) is 14.4 Å². The molecule has 1 rings (SSSR count). The zero-order valence-electron chi connectivity index (χ0n) is 19.2. The Morgan fingerprint density at radius 2 is 1.96 bits per heavy atom. The quantitative estimate of drug-likeness (QED) is 0.509. The minimum atomic E-state index is -2.86. The van der Waals surface area contributed by atoms with Crippen LogP contribution in [0.3, 0.4) is 0 Å². The summed E-state index contributed by atoms with van der Waals surface area (Å²) >= 11 is 0. The molecular formula is C19H31N3O5. The molecule has 0 bridgehead atoms. The van der Waals surface area contributed by atoms with Gasteiger partial charge in [-0.05, 0) is 52.9 Å². The fourth-order valence-electron chi connectivity index (χ4n) is 2.13. The number of ether oxygens (including phenoxy) is 2. The summed E-state index contributed by atoms with van der Waals surface area (Å²) in [7, 11) is 0. The maximum atomic E-state index is 12.3. The highest BCUT2D eigenvalue weighted by atomic mass is 16.6. The molecule has 0 radical (unpaired) electrons. The van der Waals surface area contributed by atoms with Crippen molar-refractivity contribution in [1.29, 1.82) is 0 Å². The molecule has 8 heteroatoms. The Morgan fingerprint density at radius 1 is 1.26 bits per heavy atom. The van der Waals surface area contributed by atoms with Crippen molar-refractivity contribution < 1.29 is 28.0 Å². The Bertz CT molecular complexity index is 669. The van der Waals surface area contributed by atoms with Crippen molar-refractivity contribution >= 4 is 23.9 Å². The van der Waals surface area contributed by atoms with Crippen LogP contribution in [0, 0.1) is 0 Å². The van der Waals surface area contributed by atoms with Gasteiger partial charge in [0.25, 0.3) is 0 Å². The fraction of sp³-hybridized carbons (Fsp3) is 0.684. The number of cyclic esters (lactones) is 1. The molecule has 0 spiro atoms. The van der Waals surface area contributed by atoms with Gasteiger partial charge in [0.05, 0.1) is 6.61 Å². The van der Waals surface area contributed by atoms with Crippen LogP contribution in [0.2, 0.25) is 0 Å². The molecule has 2 amide bonds. The van der Waals surface area contributed by atoms with E-state index in [2.05, 4.69) is 10.3 Å².